The maximum Gasteiger partial charge on any atom is 0.472 e. The van der Waals surface area contributed by atoms with Crippen molar-refractivity contribution in [2.45, 2.75) is 302 Å². The van der Waals surface area contributed by atoms with E-state index in [0.29, 0.717) is 6.42 Å². The Kier molecular flexibility index (Phi) is 52.6. The first kappa shape index (κ1) is 65.5. The number of nitrogens with two attached hydrogens (primary N) is 1. The van der Waals surface area contributed by atoms with Gasteiger partial charge in [0.05, 0.1) is 13.2 Å². The number of rotatable bonds is 55. The van der Waals surface area contributed by atoms with Gasteiger partial charge in [0.15, 0.2) is 6.10 Å². The second kappa shape index (κ2) is 53.8. The molecule has 0 bridgehead atoms. The van der Waals surface area contributed by atoms with E-state index in [1.165, 1.54) is 218 Å². The number of carbonyl (C=O) groups is 2. The highest BCUT2D eigenvalue weighted by molar-refractivity contribution is 7.47. The van der Waals surface area contributed by atoms with Gasteiger partial charge in [-0.25, -0.2) is 4.57 Å². The summed E-state index contributed by atoms with van der Waals surface area (Å²) in [7, 11) is -4.38. The van der Waals surface area contributed by atoms with Gasteiger partial charge in [-0.1, -0.05) is 263 Å². The molecular formula is C57H110NO8P. The van der Waals surface area contributed by atoms with E-state index >= 15 is 0 Å². The summed E-state index contributed by atoms with van der Waals surface area (Å²) in [4.78, 5) is 35.2. The van der Waals surface area contributed by atoms with E-state index in [0.717, 1.165) is 44.9 Å². The van der Waals surface area contributed by atoms with Crippen molar-refractivity contribution in [1.29, 1.82) is 0 Å². The molecular weight excluding hydrogens is 858 g/mol. The van der Waals surface area contributed by atoms with Crippen LogP contribution in [0.15, 0.2) is 24.3 Å². The van der Waals surface area contributed by atoms with Crippen LogP contribution in [0.4, 0.5) is 0 Å². The molecule has 0 aliphatic heterocycles. The number of ether oxygens (including phenoxy) is 2. The molecule has 0 fully saturated rings. The lowest BCUT2D eigenvalue weighted by molar-refractivity contribution is -0.161. The summed E-state index contributed by atoms with van der Waals surface area (Å²) in [6, 6.07) is 0. The molecule has 0 heterocycles. The van der Waals surface area contributed by atoms with Gasteiger partial charge in [0.25, 0.3) is 0 Å². The van der Waals surface area contributed by atoms with Gasteiger partial charge in [-0.15, -0.1) is 0 Å². The molecule has 0 saturated carbocycles. The summed E-state index contributed by atoms with van der Waals surface area (Å²) < 4.78 is 33.0. The Morgan fingerprint density at radius 1 is 0.448 bits per heavy atom. The van der Waals surface area contributed by atoms with E-state index in [2.05, 4.69) is 38.2 Å². The Balaban J connectivity index is 3.94. The van der Waals surface area contributed by atoms with Crippen LogP contribution < -0.4 is 5.73 Å². The summed E-state index contributed by atoms with van der Waals surface area (Å²) in [5.74, 6) is -0.811. The molecule has 0 rings (SSSR count). The van der Waals surface area contributed by atoms with Gasteiger partial charge in [0.1, 0.15) is 6.61 Å². The highest BCUT2D eigenvalue weighted by Crippen LogP contribution is 2.43. The fourth-order valence-corrected chi connectivity index (χ4v) is 9.32. The largest absolute Gasteiger partial charge is 0.472 e. The monoisotopic (exact) mass is 968 g/mol. The molecule has 2 unspecified atom stereocenters. The molecule has 0 aromatic heterocycles. The zero-order valence-corrected chi connectivity index (χ0v) is 45.1. The highest BCUT2D eigenvalue weighted by atomic mass is 31.2. The molecule has 0 radical (unpaired) electrons. The number of hydrogen-bond acceptors (Lipinski definition) is 8. The van der Waals surface area contributed by atoms with Gasteiger partial charge in [0, 0.05) is 19.4 Å². The second-order valence-corrected chi connectivity index (χ2v) is 21.0. The Labute approximate surface area is 414 Å². The van der Waals surface area contributed by atoms with E-state index in [1.54, 1.807) is 0 Å². The number of carbonyl (C=O) groups excluding carboxylic acids is 2. The van der Waals surface area contributed by atoms with Crippen molar-refractivity contribution in [1.82, 2.24) is 0 Å². The smallest absolute Gasteiger partial charge is 0.462 e. The maximum atomic E-state index is 12.7. The minimum atomic E-state index is -4.38. The van der Waals surface area contributed by atoms with E-state index in [-0.39, 0.29) is 38.6 Å². The number of esters is 2. The molecule has 0 aliphatic carbocycles. The lowest BCUT2D eigenvalue weighted by Crippen LogP contribution is -2.29. The van der Waals surface area contributed by atoms with Gasteiger partial charge < -0.3 is 20.1 Å². The number of allylic oxidation sites excluding steroid dienone is 4. The van der Waals surface area contributed by atoms with Crippen LogP contribution in [-0.2, 0) is 32.7 Å². The van der Waals surface area contributed by atoms with E-state index < -0.39 is 26.5 Å². The average molecular weight is 968 g/mol. The van der Waals surface area contributed by atoms with Crippen LogP contribution in [0.3, 0.4) is 0 Å². The zero-order chi connectivity index (χ0) is 48.8. The first-order valence-electron chi connectivity index (χ1n) is 28.8. The molecule has 9 nitrogen and oxygen atoms in total. The highest BCUT2D eigenvalue weighted by Gasteiger charge is 2.26. The third kappa shape index (κ3) is 53.7. The molecule has 0 aliphatic rings. The maximum absolute atomic E-state index is 12.7. The molecule has 3 N–H and O–H groups in total. The molecule has 10 heteroatoms. The van der Waals surface area contributed by atoms with E-state index in [1.807, 2.05) is 0 Å². The first-order chi connectivity index (χ1) is 32.8. The Morgan fingerprint density at radius 2 is 0.776 bits per heavy atom. The fraction of sp³-hybridized carbons (Fsp3) is 0.895. The van der Waals surface area contributed by atoms with Crippen molar-refractivity contribution in [3.05, 3.63) is 24.3 Å². The molecule has 0 aromatic rings. The van der Waals surface area contributed by atoms with Crippen LogP contribution in [0, 0.1) is 0 Å². The van der Waals surface area contributed by atoms with Crippen LogP contribution in [0.25, 0.3) is 0 Å². The SMILES string of the molecule is CCCCCCC/C=C\C/C=C\CCCCCCCCCCCCCCCC(=O)OC(COC(=O)CCCCCCCCCCCCCCCCCCCCCCC)COP(=O)(O)OCCN. The quantitative estimate of drug-likeness (QED) is 0.0264. The van der Waals surface area contributed by atoms with E-state index in [4.69, 9.17) is 24.3 Å². The average Bonchev–Trinajstić information content (AvgIpc) is 3.32. The van der Waals surface area contributed by atoms with Crippen LogP contribution in [-0.4, -0.2) is 49.3 Å². The Bertz CT molecular complexity index is 1150. The second-order valence-electron chi connectivity index (χ2n) is 19.5. The van der Waals surface area contributed by atoms with Crippen molar-refractivity contribution < 1.29 is 37.6 Å². The topological polar surface area (TPSA) is 134 Å². The lowest BCUT2D eigenvalue weighted by atomic mass is 10.0. The number of phosphoric acid groups is 1. The van der Waals surface area contributed by atoms with Crippen molar-refractivity contribution >= 4 is 19.8 Å². The summed E-state index contributed by atoms with van der Waals surface area (Å²) in [6.45, 7) is 3.79. The standard InChI is InChI=1S/C57H110NO8P/c1-3-5-7-9-11-13-15-17-19-21-23-25-26-27-28-30-32-34-36-38-40-42-44-46-48-50-57(60)66-55(54-65-67(61,62)64-52-51-58)53-63-56(59)49-47-45-43-41-39-37-35-33-31-29-24-22-20-18-16-14-12-10-8-6-4-2/h15,17,21,23,55H,3-14,16,18-20,22,24-54,58H2,1-2H3,(H,61,62)/b17-15-,23-21-. The molecule has 0 spiro atoms. The van der Waals surface area contributed by atoms with Crippen molar-refractivity contribution in [3.63, 3.8) is 0 Å². The van der Waals surface area contributed by atoms with Crippen molar-refractivity contribution in [3.8, 4) is 0 Å². The molecule has 2 atom stereocenters. The van der Waals surface area contributed by atoms with Gasteiger partial charge in [-0.05, 0) is 44.9 Å². The number of phosphoric ester groups is 1. The van der Waals surface area contributed by atoms with Crippen LogP contribution in [0.1, 0.15) is 296 Å². The number of hydrogen-bond donors (Lipinski definition) is 2. The third-order valence-corrected chi connectivity index (χ3v) is 13.8. The predicted octanol–water partition coefficient (Wildman–Crippen LogP) is 17.9. The van der Waals surface area contributed by atoms with Crippen LogP contribution in [0.5, 0.6) is 0 Å². The Hall–Kier alpha value is -1.51. The summed E-state index contributed by atoms with van der Waals surface area (Å²) in [5, 5.41) is 0. The minimum absolute atomic E-state index is 0.0558. The molecule has 67 heavy (non-hydrogen) atoms. The van der Waals surface area contributed by atoms with Gasteiger partial charge in [0.2, 0.25) is 0 Å². The minimum Gasteiger partial charge on any atom is -0.462 e. The van der Waals surface area contributed by atoms with Gasteiger partial charge in [-0.3, -0.25) is 18.6 Å². The first-order valence-corrected chi connectivity index (χ1v) is 30.3. The van der Waals surface area contributed by atoms with Gasteiger partial charge in [-0.2, -0.15) is 0 Å². The molecule has 0 aromatic carbocycles. The molecule has 0 amide bonds. The Morgan fingerprint density at radius 3 is 1.13 bits per heavy atom. The normalized spacial score (nSPS) is 13.2. The summed E-state index contributed by atoms with van der Waals surface area (Å²) >= 11 is 0. The number of unbranched alkanes of at least 4 members (excludes halogenated alkanes) is 38. The summed E-state index contributed by atoms with van der Waals surface area (Å²) in [5.41, 5.74) is 5.38. The fourth-order valence-electron chi connectivity index (χ4n) is 8.55. The third-order valence-electron chi connectivity index (χ3n) is 12.8. The molecule has 396 valence electrons. The molecule has 0 saturated heterocycles. The van der Waals surface area contributed by atoms with Gasteiger partial charge >= 0.3 is 19.8 Å². The van der Waals surface area contributed by atoms with Crippen LogP contribution in [0.2, 0.25) is 0 Å². The van der Waals surface area contributed by atoms with Crippen molar-refractivity contribution in [2.75, 3.05) is 26.4 Å². The van der Waals surface area contributed by atoms with E-state index in [9.17, 15) is 19.0 Å². The lowest BCUT2D eigenvalue weighted by Gasteiger charge is -2.19. The van der Waals surface area contributed by atoms with Crippen molar-refractivity contribution in [2.24, 2.45) is 5.73 Å². The predicted molar refractivity (Wildman–Crippen MR) is 284 cm³/mol. The zero-order valence-electron chi connectivity index (χ0n) is 44.2. The van der Waals surface area contributed by atoms with Crippen LogP contribution >= 0.6 is 7.82 Å². The summed E-state index contributed by atoms with van der Waals surface area (Å²) in [6.07, 6.45) is 62.3.